The molecule has 324 valence electrons. The first-order valence-electron chi connectivity index (χ1n) is 20.3. The van der Waals surface area contributed by atoms with E-state index in [2.05, 4.69) is 20.7 Å². The van der Waals surface area contributed by atoms with Crippen molar-refractivity contribution in [3.05, 3.63) is 66.1 Å². The van der Waals surface area contributed by atoms with Gasteiger partial charge in [-0.05, 0) is 84.6 Å². The number of amides is 4. The first-order valence-corrected chi connectivity index (χ1v) is 22.6. The van der Waals surface area contributed by atoms with E-state index in [4.69, 9.17) is 24.2 Å². The summed E-state index contributed by atoms with van der Waals surface area (Å²) >= 11 is 1.45. The number of methoxy groups -OCH3 is 1. The number of para-hydroxylation sites is 1. The fourth-order valence-corrected chi connectivity index (χ4v) is 9.50. The van der Waals surface area contributed by atoms with Crippen LogP contribution in [0.15, 0.2) is 71.0 Å². The second-order valence-electron chi connectivity index (χ2n) is 16.8. The van der Waals surface area contributed by atoms with Crippen molar-refractivity contribution in [1.82, 2.24) is 24.9 Å². The number of fused-ring (bicyclic) bond motifs is 3. The molecule has 3 aliphatic rings. The number of carbonyl (C=O) groups excluding carboxylic acids is 4. The lowest BCUT2D eigenvalue weighted by atomic mass is 10.1. The Bertz CT molecular complexity index is 2480. The summed E-state index contributed by atoms with van der Waals surface area (Å²) in [5, 5.41) is 12.1. The summed E-state index contributed by atoms with van der Waals surface area (Å²) in [5.74, 6) is -1.48. The molecule has 16 nitrogen and oxygen atoms in total. The van der Waals surface area contributed by atoms with E-state index in [1.165, 1.54) is 34.4 Å². The van der Waals surface area contributed by atoms with E-state index < -0.39 is 57.1 Å². The van der Waals surface area contributed by atoms with E-state index in [1.807, 2.05) is 31.4 Å². The number of hydrogen-bond donors (Lipinski definition) is 4. The van der Waals surface area contributed by atoms with Gasteiger partial charge in [0.05, 0.1) is 30.6 Å². The van der Waals surface area contributed by atoms with Crippen LogP contribution in [0, 0.1) is 5.92 Å². The fourth-order valence-electron chi connectivity index (χ4n) is 7.45. The number of pyridine rings is 1. The Hall–Kier alpha value is -5.75. The van der Waals surface area contributed by atoms with Crippen LogP contribution in [0.25, 0.3) is 22.3 Å². The average molecular weight is 874 g/mol. The number of hydrogen-bond acceptors (Lipinski definition) is 13. The minimum atomic E-state index is -4.52. The fraction of sp³-hybridized carbons (Fsp3) is 0.442. The van der Waals surface area contributed by atoms with Gasteiger partial charge in [-0.3, -0.25) is 19.3 Å². The van der Waals surface area contributed by atoms with Gasteiger partial charge in [0, 0.05) is 47.7 Å². The van der Waals surface area contributed by atoms with Crippen LogP contribution in [0.4, 0.5) is 15.6 Å². The number of ether oxygens (including phenoxy) is 3. The maximum atomic E-state index is 14.5. The van der Waals surface area contributed by atoms with Gasteiger partial charge in [-0.1, -0.05) is 24.3 Å². The van der Waals surface area contributed by atoms with Gasteiger partial charge in [0.25, 0.3) is 15.9 Å². The van der Waals surface area contributed by atoms with Crippen molar-refractivity contribution >= 4 is 66.9 Å². The molecule has 61 heavy (non-hydrogen) atoms. The van der Waals surface area contributed by atoms with E-state index in [1.54, 1.807) is 58.2 Å². The van der Waals surface area contributed by atoms with Gasteiger partial charge in [0.2, 0.25) is 11.8 Å². The predicted octanol–water partition coefficient (Wildman–Crippen LogP) is 6.39. The molecule has 1 saturated heterocycles. The SMILES string of the molecule is COc1ccc2c(O[C@@H]3C[C@@H](C(=O)N[C@]45C[C@@H]4/C=C\CCCCC(=O)Nc4ccccc4S(=O)(=O)NC5=O)N(C(=O)OC(C)(C)C)C3)cc(-c3csc(NC(C)C)n3)nc2c1. The first-order chi connectivity index (χ1) is 28.9. The molecule has 4 N–H and O–H groups in total. The summed E-state index contributed by atoms with van der Waals surface area (Å²) < 4.78 is 47.6. The molecule has 7 rings (SSSR count). The van der Waals surface area contributed by atoms with Crippen LogP contribution < -0.4 is 30.1 Å². The lowest BCUT2D eigenvalue weighted by molar-refractivity contribution is -0.131. The Labute approximate surface area is 358 Å². The van der Waals surface area contributed by atoms with Crippen LogP contribution in [-0.2, 0) is 29.1 Å². The minimum Gasteiger partial charge on any atom is -0.497 e. The van der Waals surface area contributed by atoms with Crippen LogP contribution in [-0.4, -0.2) is 90.1 Å². The average Bonchev–Trinajstić information content (AvgIpc) is 3.46. The van der Waals surface area contributed by atoms with Gasteiger partial charge >= 0.3 is 6.09 Å². The number of rotatable bonds is 8. The highest BCUT2D eigenvalue weighted by atomic mass is 32.2. The zero-order valence-corrected chi connectivity index (χ0v) is 36.6. The molecule has 0 bridgehead atoms. The van der Waals surface area contributed by atoms with Crippen LogP contribution in [0.5, 0.6) is 11.5 Å². The molecule has 1 aliphatic carbocycles. The second-order valence-corrected chi connectivity index (χ2v) is 19.3. The van der Waals surface area contributed by atoms with Crippen LogP contribution in [0.1, 0.15) is 73.1 Å². The normalized spacial score (nSPS) is 23.3. The van der Waals surface area contributed by atoms with E-state index >= 15 is 0 Å². The number of aromatic nitrogens is 2. The van der Waals surface area contributed by atoms with E-state index in [9.17, 15) is 27.6 Å². The Morgan fingerprint density at radius 3 is 2.59 bits per heavy atom. The van der Waals surface area contributed by atoms with Gasteiger partial charge in [-0.25, -0.2) is 27.9 Å². The highest BCUT2D eigenvalue weighted by Gasteiger charge is 2.62. The summed E-state index contributed by atoms with van der Waals surface area (Å²) in [5.41, 5.74) is -0.768. The third kappa shape index (κ3) is 9.91. The molecule has 2 aromatic carbocycles. The zero-order chi connectivity index (χ0) is 43.7. The van der Waals surface area contributed by atoms with Crippen molar-refractivity contribution in [2.45, 2.75) is 107 Å². The smallest absolute Gasteiger partial charge is 0.411 e. The van der Waals surface area contributed by atoms with Crippen molar-refractivity contribution in [2.75, 3.05) is 24.3 Å². The summed E-state index contributed by atoms with van der Waals surface area (Å²) in [7, 11) is -2.96. The Morgan fingerprint density at radius 1 is 1.05 bits per heavy atom. The van der Waals surface area contributed by atoms with Crippen LogP contribution in [0.3, 0.4) is 0 Å². The topological polar surface area (TPSA) is 207 Å². The van der Waals surface area contributed by atoms with Crippen LogP contribution in [0.2, 0.25) is 0 Å². The van der Waals surface area contributed by atoms with E-state index in [0.717, 1.165) is 5.13 Å². The molecule has 4 heterocycles. The first kappa shape index (κ1) is 43.3. The third-order valence-corrected chi connectivity index (χ3v) is 12.6. The zero-order valence-electron chi connectivity index (χ0n) is 34.9. The number of nitrogens with zero attached hydrogens (tertiary/aromatic N) is 3. The minimum absolute atomic E-state index is 0.0170. The van der Waals surface area contributed by atoms with E-state index in [-0.39, 0.29) is 48.3 Å². The van der Waals surface area contributed by atoms with Crippen molar-refractivity contribution in [3.8, 4) is 22.9 Å². The maximum absolute atomic E-state index is 14.5. The number of anilines is 2. The number of carbonyl (C=O) groups is 4. The molecular formula is C43H51N7O9S2. The van der Waals surface area contributed by atoms with Crippen molar-refractivity contribution in [2.24, 2.45) is 5.92 Å². The van der Waals surface area contributed by atoms with Gasteiger partial charge in [0.1, 0.15) is 45.4 Å². The highest BCUT2D eigenvalue weighted by molar-refractivity contribution is 7.90. The van der Waals surface area contributed by atoms with Crippen LogP contribution >= 0.6 is 11.3 Å². The summed E-state index contributed by atoms with van der Waals surface area (Å²) in [6, 6.07) is 12.0. The molecule has 4 atom stereocenters. The summed E-state index contributed by atoms with van der Waals surface area (Å²) in [6.07, 6.45) is 4.35. The molecule has 0 unspecified atom stereocenters. The number of thiazole rings is 1. The lowest BCUT2D eigenvalue weighted by Gasteiger charge is -2.29. The number of benzene rings is 2. The quantitative estimate of drug-likeness (QED) is 0.142. The van der Waals surface area contributed by atoms with Gasteiger partial charge in [-0.2, -0.15) is 0 Å². The third-order valence-electron chi connectivity index (χ3n) is 10.5. The summed E-state index contributed by atoms with van der Waals surface area (Å²) in [6.45, 7) is 9.16. The molecule has 1 saturated carbocycles. The Morgan fingerprint density at radius 2 is 1.84 bits per heavy atom. The molecule has 4 aromatic rings. The number of sulfonamides is 1. The highest BCUT2D eigenvalue weighted by Crippen LogP contribution is 2.46. The Kier molecular flexibility index (Phi) is 12.3. The number of nitrogens with one attached hydrogen (secondary N) is 4. The van der Waals surface area contributed by atoms with Crippen molar-refractivity contribution < 1.29 is 41.8 Å². The molecule has 18 heteroatoms. The molecule has 2 aliphatic heterocycles. The molecule has 2 aromatic heterocycles. The Balaban J connectivity index is 1.19. The molecule has 0 radical (unpaired) electrons. The van der Waals surface area contributed by atoms with Gasteiger partial charge < -0.3 is 30.2 Å². The van der Waals surface area contributed by atoms with E-state index in [0.29, 0.717) is 53.1 Å². The predicted molar refractivity (Wildman–Crippen MR) is 231 cm³/mol. The molecule has 0 spiro atoms. The van der Waals surface area contributed by atoms with Crippen molar-refractivity contribution in [3.63, 3.8) is 0 Å². The number of likely N-dealkylation sites (tertiary alicyclic amines) is 1. The molecule has 2 fully saturated rings. The van der Waals surface area contributed by atoms with Gasteiger partial charge in [-0.15, -0.1) is 11.3 Å². The largest absolute Gasteiger partial charge is 0.497 e. The monoisotopic (exact) mass is 873 g/mol. The standard InChI is InChI=1S/C43H51N7O9S2/c1-25(2)44-40-47-33(24-60-40)32-21-35(29-18-17-27(57-6)19-31(29)45-32)58-28-20-34(50(23-28)41(54)59-42(3,4)5)38(52)48-43-22-26(43)13-9-7-8-10-16-37(51)46-30-14-11-12-15-36(30)61(55,56)49-39(43)53/h9,11-15,17-19,21,24-26,28,34H,7-8,10,16,20,22-23H2,1-6H3,(H,44,47)(H,46,51)(H,48,52)(H,49,53)/b13-9-/t26-,28+,34-,43+/m0/s1. The number of allylic oxidation sites excluding steroid dienone is 1. The van der Waals surface area contributed by atoms with Gasteiger partial charge in [0.15, 0.2) is 5.13 Å². The lowest BCUT2D eigenvalue weighted by Crippen LogP contribution is -2.56. The summed E-state index contributed by atoms with van der Waals surface area (Å²) in [4.78, 5) is 65.8. The second kappa shape index (κ2) is 17.3. The van der Waals surface area contributed by atoms with Crippen molar-refractivity contribution in [1.29, 1.82) is 0 Å². The molecular weight excluding hydrogens is 823 g/mol. The molecule has 4 amide bonds. The maximum Gasteiger partial charge on any atom is 0.411 e.